The molecule has 0 aromatic heterocycles. The van der Waals surface area contributed by atoms with Crippen molar-refractivity contribution in [3.8, 4) is 0 Å². The van der Waals surface area contributed by atoms with Crippen molar-refractivity contribution in [2.75, 3.05) is 20.3 Å². The van der Waals surface area contributed by atoms with Crippen LogP contribution in [0.4, 0.5) is 0 Å². The molecule has 0 amide bonds. The van der Waals surface area contributed by atoms with Gasteiger partial charge in [-0.05, 0) is 38.6 Å². The number of likely N-dealkylation sites (N-methyl/N-ethyl adjacent to an activating group) is 1. The Morgan fingerprint density at radius 3 is 2.31 bits per heavy atom. The Morgan fingerprint density at radius 1 is 1.25 bits per heavy atom. The van der Waals surface area contributed by atoms with Gasteiger partial charge in [0.25, 0.3) is 0 Å². The maximum Gasteiger partial charge on any atom is 0.0618 e. The summed E-state index contributed by atoms with van der Waals surface area (Å²) in [5, 5.41) is 0. The van der Waals surface area contributed by atoms with Crippen molar-refractivity contribution in [1.29, 1.82) is 0 Å². The molecule has 0 bridgehead atoms. The molecule has 0 aromatic carbocycles. The molecule has 1 unspecified atom stereocenters. The standard InChI is InChI=1S/C13H28N2O/c1-4-12(10-16-3)15(5-2)13-8-6-11(14)7-9-13/h11-13H,4-10,14H2,1-3H3. The van der Waals surface area contributed by atoms with E-state index in [9.17, 15) is 0 Å². The van der Waals surface area contributed by atoms with Crippen molar-refractivity contribution in [2.24, 2.45) is 5.73 Å². The number of ether oxygens (including phenoxy) is 1. The van der Waals surface area contributed by atoms with Crippen LogP contribution in [0.1, 0.15) is 46.0 Å². The van der Waals surface area contributed by atoms with Gasteiger partial charge in [0.05, 0.1) is 6.61 Å². The van der Waals surface area contributed by atoms with E-state index in [1.807, 2.05) is 0 Å². The fourth-order valence-electron chi connectivity index (χ4n) is 2.89. The molecule has 0 spiro atoms. The highest BCUT2D eigenvalue weighted by atomic mass is 16.5. The van der Waals surface area contributed by atoms with Crippen molar-refractivity contribution in [3.05, 3.63) is 0 Å². The lowest BCUT2D eigenvalue weighted by Crippen LogP contribution is -2.47. The van der Waals surface area contributed by atoms with Crippen LogP contribution in [0.25, 0.3) is 0 Å². The van der Waals surface area contributed by atoms with Crippen molar-refractivity contribution in [2.45, 2.75) is 64.1 Å². The smallest absolute Gasteiger partial charge is 0.0618 e. The fourth-order valence-corrected chi connectivity index (χ4v) is 2.89. The minimum Gasteiger partial charge on any atom is -0.383 e. The van der Waals surface area contributed by atoms with Gasteiger partial charge < -0.3 is 10.5 Å². The van der Waals surface area contributed by atoms with Crippen LogP contribution in [-0.2, 0) is 4.74 Å². The molecule has 1 aliphatic carbocycles. The van der Waals surface area contributed by atoms with E-state index in [2.05, 4.69) is 18.7 Å². The van der Waals surface area contributed by atoms with Crippen LogP contribution in [-0.4, -0.2) is 43.3 Å². The molecular weight excluding hydrogens is 200 g/mol. The van der Waals surface area contributed by atoms with E-state index in [0.29, 0.717) is 12.1 Å². The van der Waals surface area contributed by atoms with E-state index < -0.39 is 0 Å². The van der Waals surface area contributed by atoms with Gasteiger partial charge in [-0.15, -0.1) is 0 Å². The third-order valence-corrected chi connectivity index (χ3v) is 3.87. The van der Waals surface area contributed by atoms with Crippen LogP contribution in [0.2, 0.25) is 0 Å². The van der Waals surface area contributed by atoms with Crippen LogP contribution in [0, 0.1) is 0 Å². The van der Waals surface area contributed by atoms with Gasteiger partial charge in [-0.25, -0.2) is 0 Å². The summed E-state index contributed by atoms with van der Waals surface area (Å²) in [6.45, 7) is 6.49. The third-order valence-electron chi connectivity index (χ3n) is 3.87. The molecule has 1 rings (SSSR count). The van der Waals surface area contributed by atoms with Crippen LogP contribution in [0.5, 0.6) is 0 Å². The van der Waals surface area contributed by atoms with Crippen molar-refractivity contribution < 1.29 is 4.74 Å². The first kappa shape index (κ1) is 13.9. The molecule has 2 N–H and O–H groups in total. The van der Waals surface area contributed by atoms with Crippen molar-refractivity contribution in [1.82, 2.24) is 4.90 Å². The lowest BCUT2D eigenvalue weighted by molar-refractivity contribution is 0.0468. The summed E-state index contributed by atoms with van der Waals surface area (Å²) in [4.78, 5) is 2.62. The Bertz CT molecular complexity index is 179. The lowest BCUT2D eigenvalue weighted by atomic mass is 9.90. The molecule has 0 radical (unpaired) electrons. The second-order valence-electron chi connectivity index (χ2n) is 4.92. The SMILES string of the molecule is CCC(COC)N(CC)C1CCC(N)CC1. The van der Waals surface area contributed by atoms with Gasteiger partial charge in [0, 0.05) is 25.2 Å². The first-order chi connectivity index (χ1) is 7.72. The molecule has 1 saturated carbocycles. The fraction of sp³-hybridized carbons (Fsp3) is 1.00. The minimum absolute atomic E-state index is 0.442. The summed E-state index contributed by atoms with van der Waals surface area (Å²) in [7, 11) is 1.80. The van der Waals surface area contributed by atoms with Gasteiger partial charge in [-0.3, -0.25) is 4.90 Å². The maximum absolute atomic E-state index is 5.96. The van der Waals surface area contributed by atoms with Crippen LogP contribution in [0.3, 0.4) is 0 Å². The van der Waals surface area contributed by atoms with E-state index >= 15 is 0 Å². The average molecular weight is 228 g/mol. The number of hydrogen-bond acceptors (Lipinski definition) is 3. The summed E-state index contributed by atoms with van der Waals surface area (Å²) >= 11 is 0. The first-order valence-electron chi connectivity index (χ1n) is 6.73. The van der Waals surface area contributed by atoms with E-state index in [1.165, 1.54) is 32.1 Å². The Labute approximate surface area is 100 Å². The summed E-state index contributed by atoms with van der Waals surface area (Å²) < 4.78 is 5.32. The summed E-state index contributed by atoms with van der Waals surface area (Å²) in [6, 6.07) is 1.75. The molecule has 0 heterocycles. The highest BCUT2D eigenvalue weighted by Crippen LogP contribution is 2.24. The monoisotopic (exact) mass is 228 g/mol. The number of nitrogens with two attached hydrogens (primary N) is 1. The Balaban J connectivity index is 2.51. The van der Waals surface area contributed by atoms with E-state index in [1.54, 1.807) is 7.11 Å². The highest BCUT2D eigenvalue weighted by molar-refractivity contribution is 4.84. The first-order valence-corrected chi connectivity index (χ1v) is 6.73. The second-order valence-corrected chi connectivity index (χ2v) is 4.92. The zero-order valence-electron chi connectivity index (χ0n) is 11.1. The zero-order chi connectivity index (χ0) is 12.0. The second kappa shape index (κ2) is 7.25. The molecule has 1 aliphatic rings. The zero-order valence-corrected chi connectivity index (χ0v) is 11.1. The third kappa shape index (κ3) is 3.72. The molecule has 0 aliphatic heterocycles. The molecule has 1 atom stereocenters. The van der Waals surface area contributed by atoms with Gasteiger partial charge in [-0.2, -0.15) is 0 Å². The normalized spacial score (nSPS) is 28.3. The van der Waals surface area contributed by atoms with Gasteiger partial charge in [-0.1, -0.05) is 13.8 Å². The molecule has 96 valence electrons. The Kier molecular flexibility index (Phi) is 6.32. The largest absolute Gasteiger partial charge is 0.383 e. The number of rotatable bonds is 6. The predicted molar refractivity (Wildman–Crippen MR) is 68.6 cm³/mol. The maximum atomic E-state index is 5.96. The van der Waals surface area contributed by atoms with Crippen LogP contribution in [0.15, 0.2) is 0 Å². The van der Waals surface area contributed by atoms with E-state index in [-0.39, 0.29) is 0 Å². The van der Waals surface area contributed by atoms with Crippen LogP contribution < -0.4 is 5.73 Å². The number of nitrogens with zero attached hydrogens (tertiary/aromatic N) is 1. The number of methoxy groups -OCH3 is 1. The molecule has 3 heteroatoms. The van der Waals surface area contributed by atoms with Crippen LogP contribution >= 0.6 is 0 Å². The van der Waals surface area contributed by atoms with Crippen molar-refractivity contribution >= 4 is 0 Å². The highest BCUT2D eigenvalue weighted by Gasteiger charge is 2.27. The van der Waals surface area contributed by atoms with Crippen molar-refractivity contribution in [3.63, 3.8) is 0 Å². The molecule has 0 aromatic rings. The molecule has 1 fully saturated rings. The van der Waals surface area contributed by atoms with E-state index in [0.717, 1.165) is 19.2 Å². The number of hydrogen-bond donors (Lipinski definition) is 1. The topological polar surface area (TPSA) is 38.5 Å². The molecule has 16 heavy (non-hydrogen) atoms. The summed E-state index contributed by atoms with van der Waals surface area (Å²) in [5.74, 6) is 0. The van der Waals surface area contributed by atoms with Gasteiger partial charge in [0.1, 0.15) is 0 Å². The molecule has 0 saturated heterocycles. The van der Waals surface area contributed by atoms with Gasteiger partial charge in [0.2, 0.25) is 0 Å². The quantitative estimate of drug-likeness (QED) is 0.756. The molecular formula is C13H28N2O. The Morgan fingerprint density at radius 2 is 1.88 bits per heavy atom. The molecule has 3 nitrogen and oxygen atoms in total. The van der Waals surface area contributed by atoms with Gasteiger partial charge >= 0.3 is 0 Å². The van der Waals surface area contributed by atoms with E-state index in [4.69, 9.17) is 10.5 Å². The predicted octanol–water partition coefficient (Wildman–Crippen LogP) is 2.00. The summed E-state index contributed by atoms with van der Waals surface area (Å²) in [6.07, 6.45) is 6.06. The van der Waals surface area contributed by atoms with Gasteiger partial charge in [0.15, 0.2) is 0 Å². The Hall–Kier alpha value is -0.120. The lowest BCUT2D eigenvalue weighted by Gasteiger charge is -2.40. The minimum atomic E-state index is 0.442. The average Bonchev–Trinajstić information content (AvgIpc) is 2.31. The summed E-state index contributed by atoms with van der Waals surface area (Å²) in [5.41, 5.74) is 5.96.